The minimum Gasteiger partial charge on any atom is -0.497 e. The van der Waals surface area contributed by atoms with E-state index in [1.165, 1.54) is 6.08 Å². The summed E-state index contributed by atoms with van der Waals surface area (Å²) >= 11 is 2.20. The molecular formula is C16H21IO4. The molecule has 0 heterocycles. The normalized spacial score (nSPS) is 11.5. The van der Waals surface area contributed by atoms with Gasteiger partial charge in [0.1, 0.15) is 17.1 Å². The van der Waals surface area contributed by atoms with Gasteiger partial charge < -0.3 is 14.2 Å². The Hall–Kier alpha value is -1.24. The highest BCUT2D eigenvalue weighted by Gasteiger charge is 2.13. The molecule has 116 valence electrons. The van der Waals surface area contributed by atoms with Gasteiger partial charge in [0.15, 0.2) is 0 Å². The van der Waals surface area contributed by atoms with Crippen LogP contribution in [0.25, 0.3) is 0 Å². The van der Waals surface area contributed by atoms with E-state index in [2.05, 4.69) is 22.6 Å². The summed E-state index contributed by atoms with van der Waals surface area (Å²) in [5.41, 5.74) is -0.461. The van der Waals surface area contributed by atoms with E-state index >= 15 is 0 Å². The zero-order valence-electron chi connectivity index (χ0n) is 12.8. The molecule has 0 saturated heterocycles. The van der Waals surface area contributed by atoms with Crippen LogP contribution in [0.4, 0.5) is 0 Å². The van der Waals surface area contributed by atoms with E-state index < -0.39 is 5.60 Å². The molecule has 0 radical (unpaired) electrons. The number of ether oxygens (including phenoxy) is 3. The maximum Gasteiger partial charge on any atom is 0.330 e. The predicted octanol–water partition coefficient (Wildman–Crippen LogP) is 3.97. The van der Waals surface area contributed by atoms with Crippen molar-refractivity contribution in [3.63, 3.8) is 0 Å². The molecule has 0 aliphatic carbocycles. The lowest BCUT2D eigenvalue weighted by atomic mass is 10.2. The fourth-order valence-electron chi connectivity index (χ4n) is 1.48. The molecule has 0 saturated carbocycles. The van der Waals surface area contributed by atoms with Gasteiger partial charge in [-0.2, -0.15) is 0 Å². The molecule has 1 aromatic rings. The summed E-state index contributed by atoms with van der Waals surface area (Å²) in [6.45, 7) is 6.02. The van der Waals surface area contributed by atoms with E-state index in [1.807, 2.05) is 39.0 Å². The number of hydrogen-bond acceptors (Lipinski definition) is 4. The maximum atomic E-state index is 11.5. The van der Waals surface area contributed by atoms with E-state index in [0.29, 0.717) is 13.0 Å². The Bertz CT molecular complexity index is 503. The summed E-state index contributed by atoms with van der Waals surface area (Å²) in [6, 6.07) is 5.64. The summed E-state index contributed by atoms with van der Waals surface area (Å²) in [4.78, 5) is 11.5. The zero-order chi connectivity index (χ0) is 15.9. The second-order valence-corrected chi connectivity index (χ2v) is 6.53. The Balaban J connectivity index is 2.36. The van der Waals surface area contributed by atoms with E-state index in [1.54, 1.807) is 13.2 Å². The first-order valence-electron chi connectivity index (χ1n) is 6.67. The van der Waals surface area contributed by atoms with Gasteiger partial charge in [0.25, 0.3) is 0 Å². The summed E-state index contributed by atoms with van der Waals surface area (Å²) < 4.78 is 16.9. The third kappa shape index (κ3) is 7.36. The van der Waals surface area contributed by atoms with E-state index in [0.717, 1.165) is 15.1 Å². The van der Waals surface area contributed by atoms with E-state index in [-0.39, 0.29) is 5.97 Å². The Morgan fingerprint density at radius 3 is 2.62 bits per heavy atom. The molecule has 0 amide bonds. The summed E-state index contributed by atoms with van der Waals surface area (Å²) in [5, 5.41) is 0. The topological polar surface area (TPSA) is 44.8 Å². The lowest BCUT2D eigenvalue weighted by Gasteiger charge is -2.17. The van der Waals surface area contributed by atoms with Crippen LogP contribution in [0.15, 0.2) is 30.4 Å². The van der Waals surface area contributed by atoms with E-state index in [9.17, 15) is 4.79 Å². The lowest BCUT2D eigenvalue weighted by molar-refractivity contribution is -0.148. The molecule has 0 spiro atoms. The van der Waals surface area contributed by atoms with Crippen molar-refractivity contribution < 1.29 is 19.0 Å². The average Bonchev–Trinajstić information content (AvgIpc) is 2.37. The SMILES string of the molecule is COc1ccc(OCC/C=C/C(=O)OC(C)(C)C)c(I)c1. The van der Waals surface area contributed by atoms with Crippen LogP contribution in [0.3, 0.4) is 0 Å². The summed E-state index contributed by atoms with van der Waals surface area (Å²) in [6.07, 6.45) is 3.83. The second-order valence-electron chi connectivity index (χ2n) is 5.37. The molecule has 0 N–H and O–H groups in total. The highest BCUT2D eigenvalue weighted by Crippen LogP contribution is 2.25. The maximum absolute atomic E-state index is 11.5. The second kappa shape index (κ2) is 8.26. The van der Waals surface area contributed by atoms with Crippen molar-refractivity contribution in [2.75, 3.05) is 13.7 Å². The molecule has 0 aliphatic rings. The number of hydrogen-bond donors (Lipinski definition) is 0. The van der Waals surface area contributed by atoms with E-state index in [4.69, 9.17) is 14.2 Å². The van der Waals surface area contributed by atoms with Crippen molar-refractivity contribution in [1.82, 2.24) is 0 Å². The van der Waals surface area contributed by atoms with Crippen molar-refractivity contribution >= 4 is 28.6 Å². The zero-order valence-corrected chi connectivity index (χ0v) is 15.0. The van der Waals surface area contributed by atoms with Crippen LogP contribution in [-0.2, 0) is 9.53 Å². The van der Waals surface area contributed by atoms with Crippen LogP contribution in [0.5, 0.6) is 11.5 Å². The summed E-state index contributed by atoms with van der Waals surface area (Å²) in [5.74, 6) is 1.28. The largest absolute Gasteiger partial charge is 0.497 e. The van der Waals surface area contributed by atoms with Crippen LogP contribution in [0.2, 0.25) is 0 Å². The molecule has 21 heavy (non-hydrogen) atoms. The highest BCUT2D eigenvalue weighted by atomic mass is 127. The van der Waals surface area contributed by atoms with Crippen molar-refractivity contribution in [3.8, 4) is 11.5 Å². The molecule has 0 bridgehead atoms. The van der Waals surface area contributed by atoms with Gasteiger partial charge in [-0.3, -0.25) is 0 Å². The molecule has 1 rings (SSSR count). The Labute approximate surface area is 139 Å². The third-order valence-corrected chi connectivity index (χ3v) is 3.18. The fraction of sp³-hybridized carbons (Fsp3) is 0.438. The first-order valence-corrected chi connectivity index (χ1v) is 7.75. The minimum absolute atomic E-state index is 0.332. The van der Waals surface area contributed by atoms with Crippen LogP contribution in [-0.4, -0.2) is 25.3 Å². The van der Waals surface area contributed by atoms with Crippen LogP contribution in [0, 0.1) is 3.57 Å². The van der Waals surface area contributed by atoms with Crippen molar-refractivity contribution in [3.05, 3.63) is 33.9 Å². The Kier molecular flexibility index (Phi) is 7.01. The standard InChI is InChI=1S/C16H21IO4/c1-16(2,3)21-15(18)7-5-6-10-20-14-9-8-12(19-4)11-13(14)17/h5,7-9,11H,6,10H2,1-4H3/b7-5+. The van der Waals surface area contributed by atoms with Crippen molar-refractivity contribution in [2.24, 2.45) is 0 Å². The van der Waals surface area contributed by atoms with Crippen LogP contribution < -0.4 is 9.47 Å². The predicted molar refractivity (Wildman–Crippen MR) is 90.8 cm³/mol. The third-order valence-electron chi connectivity index (χ3n) is 2.34. The molecule has 5 heteroatoms. The van der Waals surface area contributed by atoms with Gasteiger partial charge >= 0.3 is 5.97 Å². The Morgan fingerprint density at radius 2 is 2.05 bits per heavy atom. The number of methoxy groups -OCH3 is 1. The number of rotatable bonds is 6. The molecule has 0 fully saturated rings. The number of halogens is 1. The minimum atomic E-state index is -0.461. The highest BCUT2D eigenvalue weighted by molar-refractivity contribution is 14.1. The number of carbonyl (C=O) groups is 1. The number of carbonyl (C=O) groups excluding carboxylic acids is 1. The quantitative estimate of drug-likeness (QED) is 0.312. The summed E-state index contributed by atoms with van der Waals surface area (Å²) in [7, 11) is 1.63. The average molecular weight is 404 g/mol. The van der Waals surface area contributed by atoms with Gasteiger partial charge in [0, 0.05) is 6.08 Å². The molecule has 0 atom stereocenters. The first-order chi connectivity index (χ1) is 9.81. The van der Waals surface area contributed by atoms with Crippen molar-refractivity contribution in [2.45, 2.75) is 32.8 Å². The Morgan fingerprint density at radius 1 is 1.33 bits per heavy atom. The molecule has 0 unspecified atom stereocenters. The molecule has 0 aromatic heterocycles. The fourth-order valence-corrected chi connectivity index (χ4v) is 2.12. The van der Waals surface area contributed by atoms with Gasteiger partial charge in [-0.1, -0.05) is 6.08 Å². The van der Waals surface area contributed by atoms with Gasteiger partial charge in [0.2, 0.25) is 0 Å². The first kappa shape index (κ1) is 17.8. The molecule has 0 aliphatic heterocycles. The van der Waals surface area contributed by atoms with Gasteiger partial charge in [-0.05, 0) is 68.0 Å². The van der Waals surface area contributed by atoms with Gasteiger partial charge in [-0.15, -0.1) is 0 Å². The molecule has 4 nitrogen and oxygen atoms in total. The van der Waals surface area contributed by atoms with Crippen molar-refractivity contribution in [1.29, 1.82) is 0 Å². The smallest absolute Gasteiger partial charge is 0.330 e. The van der Waals surface area contributed by atoms with Crippen LogP contribution >= 0.6 is 22.6 Å². The van der Waals surface area contributed by atoms with Gasteiger partial charge in [-0.25, -0.2) is 4.79 Å². The monoisotopic (exact) mass is 404 g/mol. The number of esters is 1. The number of benzene rings is 1. The van der Waals surface area contributed by atoms with Gasteiger partial charge in [0.05, 0.1) is 17.3 Å². The van der Waals surface area contributed by atoms with Crippen LogP contribution in [0.1, 0.15) is 27.2 Å². The molecule has 1 aromatic carbocycles. The molecular weight excluding hydrogens is 383 g/mol. The lowest BCUT2D eigenvalue weighted by Crippen LogP contribution is -2.22.